The van der Waals surface area contributed by atoms with Gasteiger partial charge in [0.25, 0.3) is 0 Å². The fraction of sp³-hybridized carbons (Fsp3) is 0.500. The molecular weight excluding hydrogens is 174 g/mol. The largest absolute Gasteiger partial charge is 0.496 e. The predicted octanol–water partition coefficient (Wildman–Crippen LogP) is 2.21. The number of hydrogen-bond acceptors (Lipinski definition) is 2. The van der Waals surface area contributed by atoms with E-state index in [1.807, 2.05) is 6.07 Å². The molecule has 0 heterocycles. The van der Waals surface area contributed by atoms with Crippen LogP contribution in [0.15, 0.2) is 18.2 Å². The van der Waals surface area contributed by atoms with Gasteiger partial charge >= 0.3 is 0 Å². The Kier molecular flexibility index (Phi) is 2.46. The number of benzene rings is 1. The molecule has 0 radical (unpaired) electrons. The Labute approximate surface area is 85.1 Å². The molecule has 14 heavy (non-hydrogen) atoms. The zero-order valence-corrected chi connectivity index (χ0v) is 8.79. The number of hydrogen-bond donors (Lipinski definition) is 1. The molecule has 1 aromatic carbocycles. The van der Waals surface area contributed by atoms with E-state index in [0.717, 1.165) is 12.2 Å². The SMILES string of the molecule is COc1ccc(C)cc1C1CCC1N. The Bertz CT molecular complexity index is 335. The number of rotatable bonds is 2. The van der Waals surface area contributed by atoms with Gasteiger partial charge < -0.3 is 10.5 Å². The molecule has 2 atom stereocenters. The molecule has 0 bridgehead atoms. The monoisotopic (exact) mass is 191 g/mol. The van der Waals surface area contributed by atoms with Crippen molar-refractivity contribution in [3.63, 3.8) is 0 Å². The summed E-state index contributed by atoms with van der Waals surface area (Å²) >= 11 is 0. The minimum absolute atomic E-state index is 0.325. The summed E-state index contributed by atoms with van der Waals surface area (Å²) < 4.78 is 5.35. The number of nitrogens with two attached hydrogens (primary N) is 1. The topological polar surface area (TPSA) is 35.2 Å². The van der Waals surface area contributed by atoms with Crippen molar-refractivity contribution in [2.75, 3.05) is 7.11 Å². The normalized spacial score (nSPS) is 25.6. The summed E-state index contributed by atoms with van der Waals surface area (Å²) in [7, 11) is 1.72. The zero-order valence-electron chi connectivity index (χ0n) is 8.79. The molecule has 2 rings (SSSR count). The highest BCUT2D eigenvalue weighted by Crippen LogP contribution is 2.40. The van der Waals surface area contributed by atoms with Gasteiger partial charge in [-0.25, -0.2) is 0 Å². The summed E-state index contributed by atoms with van der Waals surface area (Å²) in [6.07, 6.45) is 2.34. The lowest BCUT2D eigenvalue weighted by Gasteiger charge is -2.34. The van der Waals surface area contributed by atoms with Gasteiger partial charge in [0, 0.05) is 12.0 Å². The highest BCUT2D eigenvalue weighted by molar-refractivity contribution is 5.41. The van der Waals surface area contributed by atoms with E-state index in [1.165, 1.54) is 17.5 Å². The average Bonchev–Trinajstić information content (AvgIpc) is 2.16. The molecule has 2 unspecified atom stereocenters. The van der Waals surface area contributed by atoms with Crippen molar-refractivity contribution >= 4 is 0 Å². The van der Waals surface area contributed by atoms with Crippen LogP contribution in [0, 0.1) is 6.92 Å². The Balaban J connectivity index is 2.34. The molecule has 0 saturated heterocycles. The molecule has 0 spiro atoms. The van der Waals surface area contributed by atoms with Crippen molar-refractivity contribution in [2.45, 2.75) is 31.7 Å². The van der Waals surface area contributed by atoms with E-state index in [4.69, 9.17) is 10.5 Å². The lowest BCUT2D eigenvalue weighted by Crippen LogP contribution is -2.37. The summed E-state index contributed by atoms with van der Waals surface area (Å²) in [5.74, 6) is 1.49. The predicted molar refractivity (Wildman–Crippen MR) is 57.7 cm³/mol. The molecule has 2 nitrogen and oxygen atoms in total. The van der Waals surface area contributed by atoms with E-state index in [-0.39, 0.29) is 0 Å². The molecule has 1 aliphatic rings. The third-order valence-electron chi connectivity index (χ3n) is 3.11. The summed E-state index contributed by atoms with van der Waals surface area (Å²) in [6, 6.07) is 6.63. The third-order valence-corrected chi connectivity index (χ3v) is 3.11. The van der Waals surface area contributed by atoms with Crippen molar-refractivity contribution in [1.29, 1.82) is 0 Å². The fourth-order valence-electron chi connectivity index (χ4n) is 2.06. The van der Waals surface area contributed by atoms with E-state index < -0.39 is 0 Å². The van der Waals surface area contributed by atoms with Gasteiger partial charge in [-0.2, -0.15) is 0 Å². The Morgan fingerprint density at radius 3 is 2.64 bits per heavy atom. The fourth-order valence-corrected chi connectivity index (χ4v) is 2.06. The van der Waals surface area contributed by atoms with Crippen LogP contribution in [0.2, 0.25) is 0 Å². The number of methoxy groups -OCH3 is 1. The van der Waals surface area contributed by atoms with E-state index >= 15 is 0 Å². The molecule has 1 saturated carbocycles. The first-order valence-corrected chi connectivity index (χ1v) is 5.12. The number of aryl methyl sites for hydroxylation is 1. The smallest absolute Gasteiger partial charge is 0.122 e. The van der Waals surface area contributed by atoms with Crippen LogP contribution in [0.5, 0.6) is 5.75 Å². The molecule has 1 aliphatic carbocycles. The first-order chi connectivity index (χ1) is 6.72. The Morgan fingerprint density at radius 1 is 1.36 bits per heavy atom. The summed E-state index contributed by atoms with van der Waals surface area (Å²) in [5.41, 5.74) is 8.53. The molecule has 76 valence electrons. The minimum atomic E-state index is 0.325. The van der Waals surface area contributed by atoms with Crippen LogP contribution >= 0.6 is 0 Å². The van der Waals surface area contributed by atoms with Gasteiger partial charge in [0.2, 0.25) is 0 Å². The Morgan fingerprint density at radius 2 is 2.14 bits per heavy atom. The molecule has 0 aromatic heterocycles. The van der Waals surface area contributed by atoms with E-state index in [9.17, 15) is 0 Å². The van der Waals surface area contributed by atoms with E-state index in [1.54, 1.807) is 7.11 Å². The van der Waals surface area contributed by atoms with E-state index in [0.29, 0.717) is 12.0 Å². The van der Waals surface area contributed by atoms with Crippen molar-refractivity contribution in [3.8, 4) is 5.75 Å². The van der Waals surface area contributed by atoms with Gasteiger partial charge in [0.15, 0.2) is 0 Å². The summed E-state index contributed by atoms with van der Waals surface area (Å²) in [5, 5.41) is 0. The molecular formula is C12H17NO. The molecule has 2 N–H and O–H groups in total. The second-order valence-electron chi connectivity index (χ2n) is 4.09. The highest BCUT2D eigenvalue weighted by Gasteiger charge is 2.30. The highest BCUT2D eigenvalue weighted by atomic mass is 16.5. The van der Waals surface area contributed by atoms with Gasteiger partial charge in [-0.1, -0.05) is 17.7 Å². The van der Waals surface area contributed by atoms with Crippen LogP contribution < -0.4 is 10.5 Å². The lowest BCUT2D eigenvalue weighted by molar-refractivity contribution is 0.329. The second-order valence-corrected chi connectivity index (χ2v) is 4.09. The maximum Gasteiger partial charge on any atom is 0.122 e. The van der Waals surface area contributed by atoms with Crippen LogP contribution in [-0.2, 0) is 0 Å². The van der Waals surface area contributed by atoms with Gasteiger partial charge in [-0.3, -0.25) is 0 Å². The van der Waals surface area contributed by atoms with Crippen LogP contribution in [-0.4, -0.2) is 13.2 Å². The first-order valence-electron chi connectivity index (χ1n) is 5.12. The lowest BCUT2D eigenvalue weighted by atomic mass is 9.75. The molecule has 0 aliphatic heterocycles. The summed E-state index contributed by atoms with van der Waals surface area (Å²) in [6.45, 7) is 2.10. The van der Waals surface area contributed by atoms with Gasteiger partial charge in [0.1, 0.15) is 5.75 Å². The standard InChI is InChI=1S/C12H17NO/c1-8-3-6-12(14-2)10(7-8)9-4-5-11(9)13/h3,6-7,9,11H,4-5,13H2,1-2H3. The van der Waals surface area contributed by atoms with Crippen LogP contribution in [0.1, 0.15) is 29.9 Å². The van der Waals surface area contributed by atoms with Crippen molar-refractivity contribution in [3.05, 3.63) is 29.3 Å². The van der Waals surface area contributed by atoms with Gasteiger partial charge in [-0.15, -0.1) is 0 Å². The van der Waals surface area contributed by atoms with Crippen molar-refractivity contribution in [1.82, 2.24) is 0 Å². The maximum atomic E-state index is 5.97. The summed E-state index contributed by atoms with van der Waals surface area (Å²) in [4.78, 5) is 0. The maximum absolute atomic E-state index is 5.97. The van der Waals surface area contributed by atoms with Crippen LogP contribution in [0.4, 0.5) is 0 Å². The average molecular weight is 191 g/mol. The van der Waals surface area contributed by atoms with E-state index in [2.05, 4.69) is 19.1 Å². The van der Waals surface area contributed by atoms with Crippen molar-refractivity contribution in [2.24, 2.45) is 5.73 Å². The molecule has 2 heteroatoms. The minimum Gasteiger partial charge on any atom is -0.496 e. The number of ether oxygens (including phenoxy) is 1. The quantitative estimate of drug-likeness (QED) is 0.777. The van der Waals surface area contributed by atoms with Crippen molar-refractivity contribution < 1.29 is 4.74 Å². The zero-order chi connectivity index (χ0) is 10.1. The van der Waals surface area contributed by atoms with Gasteiger partial charge in [-0.05, 0) is 31.4 Å². The van der Waals surface area contributed by atoms with Crippen LogP contribution in [0.25, 0.3) is 0 Å². The first kappa shape index (κ1) is 9.53. The van der Waals surface area contributed by atoms with Crippen LogP contribution in [0.3, 0.4) is 0 Å². The van der Waals surface area contributed by atoms with Gasteiger partial charge in [0.05, 0.1) is 7.11 Å². The molecule has 1 aromatic rings. The molecule has 0 amide bonds. The Hall–Kier alpha value is -1.02. The molecule has 1 fully saturated rings. The third kappa shape index (κ3) is 1.50. The second kappa shape index (κ2) is 3.62.